The van der Waals surface area contributed by atoms with Gasteiger partial charge in [-0.2, -0.15) is 0 Å². The van der Waals surface area contributed by atoms with Crippen LogP contribution in [0, 0.1) is 11.3 Å². The number of ether oxygens (including phenoxy) is 2. The molecule has 16 heteroatoms. The van der Waals surface area contributed by atoms with Gasteiger partial charge in [0, 0.05) is 23.1 Å². The molecule has 1 saturated heterocycles. The molecule has 49 heavy (non-hydrogen) atoms. The van der Waals surface area contributed by atoms with Crippen LogP contribution < -0.4 is 20.1 Å². The van der Waals surface area contributed by atoms with Crippen molar-refractivity contribution in [3.63, 3.8) is 0 Å². The molecule has 0 spiro atoms. The Morgan fingerprint density at radius 1 is 1.08 bits per heavy atom. The third kappa shape index (κ3) is 7.93. The van der Waals surface area contributed by atoms with Crippen molar-refractivity contribution in [3.05, 3.63) is 42.1 Å². The molecular formula is C33H43ClN6O8S. The normalized spacial score (nSPS) is 24.5. The molecule has 3 N–H and O–H groups in total. The summed E-state index contributed by atoms with van der Waals surface area (Å²) in [5.41, 5.74) is -3.22. The number of aromatic nitrogens is 2. The zero-order valence-corrected chi connectivity index (χ0v) is 30.0. The number of sulfonamides is 1. The van der Waals surface area contributed by atoms with Gasteiger partial charge in [-0.05, 0) is 51.5 Å². The van der Waals surface area contributed by atoms with Crippen LogP contribution in [0.2, 0.25) is 5.15 Å². The van der Waals surface area contributed by atoms with Crippen LogP contribution in [0.5, 0.6) is 5.88 Å². The Morgan fingerprint density at radius 2 is 1.73 bits per heavy atom. The number of rotatable bonds is 10. The summed E-state index contributed by atoms with van der Waals surface area (Å²) in [6, 6.07) is 4.78. The molecule has 3 fully saturated rings. The molecule has 3 aliphatic rings. The second kappa shape index (κ2) is 13.0. The van der Waals surface area contributed by atoms with E-state index in [4.69, 9.17) is 21.1 Å². The van der Waals surface area contributed by atoms with Crippen LogP contribution in [-0.2, 0) is 29.1 Å². The summed E-state index contributed by atoms with van der Waals surface area (Å²) in [4.78, 5) is 56.1. The van der Waals surface area contributed by atoms with Crippen molar-refractivity contribution in [2.24, 2.45) is 11.3 Å². The summed E-state index contributed by atoms with van der Waals surface area (Å²) in [6.07, 6.45) is 0.922. The van der Waals surface area contributed by atoms with E-state index in [-0.39, 0.29) is 30.4 Å². The van der Waals surface area contributed by atoms with Crippen molar-refractivity contribution in [2.75, 3.05) is 6.54 Å². The molecule has 4 amide bonds. The molecule has 5 atom stereocenters. The molecule has 2 aromatic rings. The molecular weight excluding hydrogens is 676 g/mol. The van der Waals surface area contributed by atoms with E-state index in [1.54, 1.807) is 65.8 Å². The number of nitrogens with one attached hydrogen (secondary N) is 3. The molecule has 1 aliphatic heterocycles. The molecule has 2 heterocycles. The lowest BCUT2D eigenvalue weighted by molar-refractivity contribution is -0.143. The van der Waals surface area contributed by atoms with Gasteiger partial charge in [0.25, 0.3) is 5.91 Å². The summed E-state index contributed by atoms with van der Waals surface area (Å²) in [5, 5.41) is 14.2. The summed E-state index contributed by atoms with van der Waals surface area (Å²) >= 11 is 6.25. The van der Waals surface area contributed by atoms with E-state index in [9.17, 15) is 27.6 Å². The van der Waals surface area contributed by atoms with Crippen LogP contribution in [0.4, 0.5) is 4.79 Å². The number of likely N-dealkylation sites (tertiary alicyclic amines) is 1. The van der Waals surface area contributed by atoms with Gasteiger partial charge in [0.05, 0.1) is 11.8 Å². The van der Waals surface area contributed by atoms with E-state index in [0.717, 1.165) is 0 Å². The Hall–Kier alpha value is -3.98. The molecule has 1 aromatic heterocycles. The fourth-order valence-electron chi connectivity index (χ4n) is 5.93. The molecule has 1 unspecified atom stereocenters. The van der Waals surface area contributed by atoms with Crippen LogP contribution >= 0.6 is 11.6 Å². The summed E-state index contributed by atoms with van der Waals surface area (Å²) in [5.74, 6) is -2.52. The van der Waals surface area contributed by atoms with E-state index in [2.05, 4.69) is 32.1 Å². The van der Waals surface area contributed by atoms with Gasteiger partial charge in [-0.3, -0.25) is 19.1 Å². The first kappa shape index (κ1) is 36.3. The zero-order valence-electron chi connectivity index (χ0n) is 28.4. The van der Waals surface area contributed by atoms with Crippen LogP contribution in [0.3, 0.4) is 0 Å². The highest BCUT2D eigenvalue weighted by Crippen LogP contribution is 2.45. The second-order valence-corrected chi connectivity index (χ2v) is 17.3. The third-order valence-electron chi connectivity index (χ3n) is 8.76. The number of fused-ring (bicyclic) bond motifs is 1. The van der Waals surface area contributed by atoms with Gasteiger partial charge < -0.3 is 25.0 Å². The highest BCUT2D eigenvalue weighted by atomic mass is 35.5. The quantitative estimate of drug-likeness (QED) is 0.308. The molecule has 1 aromatic carbocycles. The minimum absolute atomic E-state index is 0.0175. The van der Waals surface area contributed by atoms with Crippen LogP contribution in [0.25, 0.3) is 10.8 Å². The van der Waals surface area contributed by atoms with Crippen molar-refractivity contribution in [3.8, 4) is 5.88 Å². The zero-order chi connectivity index (χ0) is 36.1. The Bertz CT molecular complexity index is 1790. The van der Waals surface area contributed by atoms with Gasteiger partial charge in [0.15, 0.2) is 5.15 Å². The highest BCUT2D eigenvalue weighted by Gasteiger charge is 2.62. The van der Waals surface area contributed by atoms with Crippen LogP contribution in [0.15, 0.2) is 36.9 Å². The number of carbonyl (C=O) groups is 4. The van der Waals surface area contributed by atoms with Crippen molar-refractivity contribution < 1.29 is 37.1 Å². The Kier molecular flexibility index (Phi) is 9.67. The van der Waals surface area contributed by atoms with Gasteiger partial charge in [-0.1, -0.05) is 56.6 Å². The fourth-order valence-corrected chi connectivity index (χ4v) is 7.49. The van der Waals surface area contributed by atoms with Gasteiger partial charge in [0.2, 0.25) is 27.7 Å². The SMILES string of the molecule is C=CC1C[C@]1(NC(=O)[C@@H]1C[C@@H](Oc2nnc(Cl)c3ccccc23)CN1C(=O)[C@@H](NC(=O)OC(C)(C)C)C(C)(C)C)C(=O)NS(=O)(=O)C1CC1. The number of halogens is 1. The smallest absolute Gasteiger partial charge is 0.408 e. The molecule has 266 valence electrons. The van der Waals surface area contributed by atoms with Crippen molar-refractivity contribution >= 4 is 56.2 Å². The number of nitrogens with zero attached hydrogens (tertiary/aromatic N) is 3. The first-order chi connectivity index (χ1) is 22.8. The molecule has 0 bridgehead atoms. The van der Waals surface area contributed by atoms with Crippen molar-refractivity contribution in [2.45, 2.75) is 102 Å². The van der Waals surface area contributed by atoms with E-state index in [1.807, 2.05) is 0 Å². The number of carbonyl (C=O) groups excluding carboxylic acids is 4. The molecule has 2 saturated carbocycles. The predicted molar refractivity (Wildman–Crippen MR) is 181 cm³/mol. The second-order valence-electron chi connectivity index (χ2n) is 15.0. The summed E-state index contributed by atoms with van der Waals surface area (Å²) < 4.78 is 39.1. The first-order valence-electron chi connectivity index (χ1n) is 16.1. The van der Waals surface area contributed by atoms with E-state index in [0.29, 0.717) is 23.6 Å². The monoisotopic (exact) mass is 718 g/mol. The first-order valence-corrected chi connectivity index (χ1v) is 18.1. The lowest BCUT2D eigenvalue weighted by atomic mass is 9.85. The van der Waals surface area contributed by atoms with Gasteiger partial charge in [-0.15, -0.1) is 16.8 Å². The average molecular weight is 719 g/mol. The maximum atomic E-state index is 14.4. The van der Waals surface area contributed by atoms with Gasteiger partial charge >= 0.3 is 6.09 Å². The van der Waals surface area contributed by atoms with Crippen molar-refractivity contribution in [1.29, 1.82) is 0 Å². The minimum Gasteiger partial charge on any atom is -0.471 e. The number of hydrogen-bond donors (Lipinski definition) is 3. The van der Waals surface area contributed by atoms with E-state index in [1.165, 1.54) is 11.0 Å². The van der Waals surface area contributed by atoms with Gasteiger partial charge in [-0.25, -0.2) is 13.2 Å². The molecule has 2 aliphatic carbocycles. The van der Waals surface area contributed by atoms with Crippen LogP contribution in [0.1, 0.15) is 67.2 Å². The van der Waals surface area contributed by atoms with E-state index >= 15 is 0 Å². The topological polar surface area (TPSA) is 186 Å². The molecule has 0 radical (unpaired) electrons. The van der Waals surface area contributed by atoms with Gasteiger partial charge in [0.1, 0.15) is 29.3 Å². The maximum Gasteiger partial charge on any atom is 0.408 e. The average Bonchev–Trinajstić information content (AvgIpc) is 3.92. The standard InChI is InChI=1S/C33H43ClN6O8S/c1-8-18-16-33(18,29(43)39-49(45,46)20-13-14-20)36-26(41)23-15-19(47-27-22-12-10-9-11-21(22)25(34)37-38-27)17-40(23)28(42)24(31(2,3)4)35-30(44)48-32(5,6)7/h8-12,18-20,23-24H,1,13-17H2,2-7H3,(H,35,44)(H,36,41)(H,39,43)/t18?,19-,23+,24-,33-/m1/s1. The summed E-state index contributed by atoms with van der Waals surface area (Å²) in [6.45, 7) is 14.0. The van der Waals surface area contributed by atoms with Crippen molar-refractivity contribution in [1.82, 2.24) is 30.5 Å². The fraction of sp³-hybridized carbons (Fsp3) is 0.576. The molecule has 14 nitrogen and oxygen atoms in total. The Balaban J connectivity index is 1.44. The Labute approximate surface area is 290 Å². The third-order valence-corrected chi connectivity index (χ3v) is 10.9. The predicted octanol–water partition coefficient (Wildman–Crippen LogP) is 3.24. The number of hydrogen-bond acceptors (Lipinski definition) is 10. The maximum absolute atomic E-state index is 14.4. The lowest BCUT2D eigenvalue weighted by Gasteiger charge is -2.36. The molecule has 5 rings (SSSR count). The van der Waals surface area contributed by atoms with Crippen LogP contribution in [-0.4, -0.2) is 88.5 Å². The lowest BCUT2D eigenvalue weighted by Crippen LogP contribution is -2.60. The highest BCUT2D eigenvalue weighted by molar-refractivity contribution is 7.91. The number of benzene rings is 1. The summed E-state index contributed by atoms with van der Waals surface area (Å²) in [7, 11) is -3.90. The number of amides is 4. The largest absolute Gasteiger partial charge is 0.471 e. The minimum atomic E-state index is -3.90. The number of alkyl carbamates (subject to hydrolysis) is 1. The van der Waals surface area contributed by atoms with E-state index < -0.39 is 79.7 Å². The Morgan fingerprint density at radius 3 is 2.31 bits per heavy atom.